The van der Waals surface area contributed by atoms with Crippen molar-refractivity contribution < 1.29 is 22.0 Å². The topological polar surface area (TPSA) is 29.3 Å². The van der Waals surface area contributed by atoms with E-state index >= 15 is 0 Å². The molecule has 0 aromatic carbocycles. The molecule has 86 valence electrons. The van der Waals surface area contributed by atoms with Crippen molar-refractivity contribution in [1.29, 1.82) is 0 Å². The molecule has 0 aromatic rings. The number of likely N-dealkylation sites (N-methyl/N-ethyl adjacent to an activating group) is 1. The predicted molar refractivity (Wildman–Crippen MR) is 42.2 cm³/mol. The minimum atomic E-state index is -5.49. The molecular formula is C7H13F5N2. The van der Waals surface area contributed by atoms with Gasteiger partial charge in [-0.2, -0.15) is 22.0 Å². The first-order valence-corrected chi connectivity index (χ1v) is 4.11. The third-order valence-electron chi connectivity index (χ3n) is 1.73. The molecule has 0 aliphatic carbocycles. The molecule has 0 spiro atoms. The minimum absolute atomic E-state index is 0.0299. The van der Waals surface area contributed by atoms with Gasteiger partial charge in [-0.1, -0.05) is 6.92 Å². The number of hydrogen-bond acceptors (Lipinski definition) is 2. The summed E-state index contributed by atoms with van der Waals surface area (Å²) in [5, 5.41) is 0. The molecule has 0 atom stereocenters. The number of nitrogens with two attached hydrogens (primary N) is 1. The summed E-state index contributed by atoms with van der Waals surface area (Å²) in [6.45, 7) is 0.374. The predicted octanol–water partition coefficient (Wildman–Crippen LogP) is 1.46. The fraction of sp³-hybridized carbons (Fsp3) is 1.00. The number of alkyl halides is 5. The zero-order chi connectivity index (χ0) is 11.4. The van der Waals surface area contributed by atoms with Crippen LogP contribution < -0.4 is 5.73 Å². The van der Waals surface area contributed by atoms with E-state index in [0.29, 0.717) is 0 Å². The lowest BCUT2D eigenvalue weighted by Gasteiger charge is -2.26. The van der Waals surface area contributed by atoms with E-state index in [2.05, 4.69) is 0 Å². The Morgan fingerprint density at radius 1 is 1.14 bits per heavy atom. The molecule has 0 aliphatic rings. The van der Waals surface area contributed by atoms with E-state index in [-0.39, 0.29) is 19.6 Å². The van der Waals surface area contributed by atoms with Gasteiger partial charge in [0.2, 0.25) is 0 Å². The molecule has 0 saturated carbocycles. The summed E-state index contributed by atoms with van der Waals surface area (Å²) in [4.78, 5) is 0.966. The van der Waals surface area contributed by atoms with Gasteiger partial charge in [-0.3, -0.25) is 4.90 Å². The SMILES string of the molecule is CCN(CCN)CC(F)(F)C(F)(F)F. The molecule has 0 amide bonds. The van der Waals surface area contributed by atoms with Gasteiger partial charge in [0.1, 0.15) is 0 Å². The van der Waals surface area contributed by atoms with Crippen molar-refractivity contribution in [3.05, 3.63) is 0 Å². The Bertz CT molecular complexity index is 168. The quantitative estimate of drug-likeness (QED) is 0.711. The van der Waals surface area contributed by atoms with E-state index in [1.54, 1.807) is 0 Å². The van der Waals surface area contributed by atoms with Crippen LogP contribution in [0, 0.1) is 0 Å². The van der Waals surface area contributed by atoms with Gasteiger partial charge in [0.25, 0.3) is 0 Å². The molecule has 0 rings (SSSR count). The summed E-state index contributed by atoms with van der Waals surface area (Å²) >= 11 is 0. The van der Waals surface area contributed by atoms with Crippen LogP contribution >= 0.6 is 0 Å². The summed E-state index contributed by atoms with van der Waals surface area (Å²) in [7, 11) is 0. The highest BCUT2D eigenvalue weighted by atomic mass is 19.4. The Morgan fingerprint density at radius 3 is 1.93 bits per heavy atom. The lowest BCUT2D eigenvalue weighted by Crippen LogP contribution is -2.48. The van der Waals surface area contributed by atoms with Gasteiger partial charge in [0.05, 0.1) is 6.54 Å². The number of rotatable bonds is 5. The second-order valence-corrected chi connectivity index (χ2v) is 2.86. The standard InChI is InChI=1S/C7H13F5N2/c1-2-14(4-3-13)5-6(8,9)7(10,11)12/h2-5,13H2,1H3. The van der Waals surface area contributed by atoms with Gasteiger partial charge >= 0.3 is 12.1 Å². The van der Waals surface area contributed by atoms with Crippen LogP contribution in [0.4, 0.5) is 22.0 Å². The summed E-state index contributed by atoms with van der Waals surface area (Å²) in [6, 6.07) is 0. The molecular weight excluding hydrogens is 207 g/mol. The smallest absolute Gasteiger partial charge is 0.329 e. The summed E-state index contributed by atoms with van der Waals surface area (Å²) < 4.78 is 60.3. The highest BCUT2D eigenvalue weighted by molar-refractivity contribution is 4.79. The molecule has 0 aliphatic heterocycles. The van der Waals surface area contributed by atoms with Gasteiger partial charge in [0, 0.05) is 13.1 Å². The number of nitrogens with zero attached hydrogens (tertiary/aromatic N) is 1. The molecule has 0 heterocycles. The Hall–Kier alpha value is -0.430. The third kappa shape index (κ3) is 3.75. The Morgan fingerprint density at radius 2 is 1.64 bits per heavy atom. The van der Waals surface area contributed by atoms with Crippen molar-refractivity contribution in [1.82, 2.24) is 4.90 Å². The van der Waals surface area contributed by atoms with Crippen molar-refractivity contribution in [3.63, 3.8) is 0 Å². The number of halogens is 5. The van der Waals surface area contributed by atoms with E-state index in [1.807, 2.05) is 0 Å². The van der Waals surface area contributed by atoms with E-state index in [4.69, 9.17) is 5.73 Å². The zero-order valence-corrected chi connectivity index (χ0v) is 7.74. The number of hydrogen-bond donors (Lipinski definition) is 1. The molecule has 7 heteroatoms. The average molecular weight is 220 g/mol. The molecule has 2 N–H and O–H groups in total. The molecule has 2 nitrogen and oxygen atoms in total. The second kappa shape index (κ2) is 4.88. The second-order valence-electron chi connectivity index (χ2n) is 2.86. The maximum absolute atomic E-state index is 12.5. The molecule has 0 unspecified atom stereocenters. The Balaban J connectivity index is 4.32. The lowest BCUT2D eigenvalue weighted by molar-refractivity contribution is -0.286. The first-order chi connectivity index (χ1) is 6.24. The van der Waals surface area contributed by atoms with Crippen molar-refractivity contribution in [3.8, 4) is 0 Å². The van der Waals surface area contributed by atoms with E-state index < -0.39 is 18.6 Å². The van der Waals surface area contributed by atoms with Crippen molar-refractivity contribution in [2.45, 2.75) is 19.0 Å². The maximum Gasteiger partial charge on any atom is 0.454 e. The van der Waals surface area contributed by atoms with Crippen LogP contribution in [-0.4, -0.2) is 43.2 Å². The van der Waals surface area contributed by atoms with Crippen LogP contribution in [0.25, 0.3) is 0 Å². The van der Waals surface area contributed by atoms with E-state index in [1.165, 1.54) is 6.92 Å². The monoisotopic (exact) mass is 220 g/mol. The first-order valence-electron chi connectivity index (χ1n) is 4.11. The van der Waals surface area contributed by atoms with Crippen molar-refractivity contribution >= 4 is 0 Å². The van der Waals surface area contributed by atoms with Gasteiger partial charge in [0.15, 0.2) is 0 Å². The van der Waals surface area contributed by atoms with Crippen LogP contribution in [0.2, 0.25) is 0 Å². The van der Waals surface area contributed by atoms with Crippen LogP contribution in [0.1, 0.15) is 6.92 Å². The van der Waals surface area contributed by atoms with Gasteiger partial charge < -0.3 is 5.73 Å². The maximum atomic E-state index is 12.5. The fourth-order valence-electron chi connectivity index (χ4n) is 0.902. The fourth-order valence-corrected chi connectivity index (χ4v) is 0.902. The summed E-state index contributed by atoms with van der Waals surface area (Å²) in [5.41, 5.74) is 5.07. The van der Waals surface area contributed by atoms with Crippen LogP contribution in [-0.2, 0) is 0 Å². The minimum Gasteiger partial charge on any atom is -0.329 e. The Kier molecular flexibility index (Phi) is 4.73. The lowest BCUT2D eigenvalue weighted by atomic mass is 10.3. The zero-order valence-electron chi connectivity index (χ0n) is 7.74. The van der Waals surface area contributed by atoms with E-state index in [0.717, 1.165) is 4.90 Å². The summed E-state index contributed by atoms with van der Waals surface area (Å²) in [6.07, 6.45) is -5.49. The molecule has 0 radical (unpaired) electrons. The summed E-state index contributed by atoms with van der Waals surface area (Å²) in [5.74, 6) is -4.67. The third-order valence-corrected chi connectivity index (χ3v) is 1.73. The Labute approximate surface area is 78.9 Å². The molecule has 0 aromatic heterocycles. The van der Waals surface area contributed by atoms with Gasteiger partial charge in [-0.25, -0.2) is 0 Å². The average Bonchev–Trinajstić information content (AvgIpc) is 2.01. The molecule has 0 saturated heterocycles. The molecule has 14 heavy (non-hydrogen) atoms. The van der Waals surface area contributed by atoms with Crippen LogP contribution in [0.15, 0.2) is 0 Å². The normalized spacial score (nSPS) is 13.7. The highest BCUT2D eigenvalue weighted by Crippen LogP contribution is 2.35. The molecule has 0 bridgehead atoms. The molecule has 0 fully saturated rings. The largest absolute Gasteiger partial charge is 0.454 e. The van der Waals surface area contributed by atoms with Crippen LogP contribution in [0.3, 0.4) is 0 Å². The highest BCUT2D eigenvalue weighted by Gasteiger charge is 2.57. The van der Waals surface area contributed by atoms with Gasteiger partial charge in [-0.15, -0.1) is 0 Å². The van der Waals surface area contributed by atoms with Crippen molar-refractivity contribution in [2.75, 3.05) is 26.2 Å². The van der Waals surface area contributed by atoms with Crippen LogP contribution in [0.5, 0.6) is 0 Å². The van der Waals surface area contributed by atoms with E-state index in [9.17, 15) is 22.0 Å². The van der Waals surface area contributed by atoms with Crippen molar-refractivity contribution in [2.24, 2.45) is 5.73 Å². The first kappa shape index (κ1) is 13.6. The van der Waals surface area contributed by atoms with Gasteiger partial charge in [-0.05, 0) is 6.54 Å².